The highest BCUT2D eigenvalue weighted by Crippen LogP contribution is 2.17. The number of carbonyl (C=O) groups is 2. The summed E-state index contributed by atoms with van der Waals surface area (Å²) in [6.07, 6.45) is 3.30. The third-order valence-corrected chi connectivity index (χ3v) is 2.49. The summed E-state index contributed by atoms with van der Waals surface area (Å²) in [7, 11) is 0. The van der Waals surface area contributed by atoms with Crippen molar-refractivity contribution >= 4 is 11.6 Å². The lowest BCUT2D eigenvalue weighted by Crippen LogP contribution is -2.32. The van der Waals surface area contributed by atoms with Gasteiger partial charge in [-0.2, -0.15) is 0 Å². The molecule has 0 aromatic rings. The van der Waals surface area contributed by atoms with Crippen LogP contribution in [0.15, 0.2) is 12.2 Å². The molecule has 0 aliphatic carbocycles. The van der Waals surface area contributed by atoms with E-state index >= 15 is 0 Å². The van der Waals surface area contributed by atoms with Gasteiger partial charge in [0.25, 0.3) is 0 Å². The standard InChI is InChI=1S/C11H16O3/c1-7(9(3)12)6-11-10(13)5-4-8(2)14-11/h4-5,7-8,11H,6H2,1-3H3/t7?,8-,11-/m0/s1. The summed E-state index contributed by atoms with van der Waals surface area (Å²) in [6.45, 7) is 5.24. The molecule has 1 heterocycles. The quantitative estimate of drug-likeness (QED) is 0.687. The largest absolute Gasteiger partial charge is 0.363 e. The molecule has 0 spiro atoms. The van der Waals surface area contributed by atoms with Gasteiger partial charge in [0.1, 0.15) is 11.9 Å². The number of rotatable bonds is 3. The van der Waals surface area contributed by atoms with Crippen LogP contribution >= 0.6 is 0 Å². The Kier molecular flexibility index (Phi) is 3.58. The maximum Gasteiger partial charge on any atom is 0.184 e. The molecule has 1 aliphatic heterocycles. The Labute approximate surface area is 84.1 Å². The molecule has 0 amide bonds. The average molecular weight is 196 g/mol. The number of hydrogen-bond acceptors (Lipinski definition) is 3. The van der Waals surface area contributed by atoms with E-state index < -0.39 is 6.10 Å². The highest BCUT2D eigenvalue weighted by Gasteiger charge is 2.26. The highest BCUT2D eigenvalue weighted by atomic mass is 16.5. The summed E-state index contributed by atoms with van der Waals surface area (Å²) in [5.41, 5.74) is 0. The van der Waals surface area contributed by atoms with Crippen molar-refractivity contribution in [3.63, 3.8) is 0 Å². The summed E-state index contributed by atoms with van der Waals surface area (Å²) in [5.74, 6) is -0.0394. The van der Waals surface area contributed by atoms with Gasteiger partial charge >= 0.3 is 0 Å². The molecule has 0 radical (unpaired) electrons. The van der Waals surface area contributed by atoms with Crippen LogP contribution in [0.2, 0.25) is 0 Å². The highest BCUT2D eigenvalue weighted by molar-refractivity contribution is 5.94. The molecule has 0 saturated carbocycles. The van der Waals surface area contributed by atoms with Crippen molar-refractivity contribution in [2.24, 2.45) is 5.92 Å². The van der Waals surface area contributed by atoms with Gasteiger partial charge in [-0.1, -0.05) is 13.0 Å². The van der Waals surface area contributed by atoms with Crippen LogP contribution in [0, 0.1) is 5.92 Å². The monoisotopic (exact) mass is 196 g/mol. The van der Waals surface area contributed by atoms with Crippen LogP contribution < -0.4 is 0 Å². The SMILES string of the molecule is CC(=O)C(C)C[C@@H]1O[C@@H](C)C=CC1=O. The van der Waals surface area contributed by atoms with Crippen LogP contribution in [0.5, 0.6) is 0 Å². The van der Waals surface area contributed by atoms with Crippen molar-refractivity contribution in [3.05, 3.63) is 12.2 Å². The zero-order valence-corrected chi connectivity index (χ0v) is 8.82. The lowest BCUT2D eigenvalue weighted by molar-refractivity contribution is -0.132. The van der Waals surface area contributed by atoms with Crippen LogP contribution in [-0.2, 0) is 14.3 Å². The summed E-state index contributed by atoms with van der Waals surface area (Å²) in [5, 5.41) is 0. The first-order valence-electron chi connectivity index (χ1n) is 4.88. The van der Waals surface area contributed by atoms with Crippen LogP contribution in [0.1, 0.15) is 27.2 Å². The summed E-state index contributed by atoms with van der Waals surface area (Å²) in [6, 6.07) is 0. The fourth-order valence-corrected chi connectivity index (χ4v) is 1.37. The van der Waals surface area contributed by atoms with Crippen molar-refractivity contribution in [2.45, 2.75) is 39.4 Å². The van der Waals surface area contributed by atoms with Crippen molar-refractivity contribution < 1.29 is 14.3 Å². The van der Waals surface area contributed by atoms with Gasteiger partial charge < -0.3 is 4.74 Å². The van der Waals surface area contributed by atoms with Gasteiger partial charge in [-0.3, -0.25) is 9.59 Å². The molecule has 0 N–H and O–H groups in total. The van der Waals surface area contributed by atoms with Crippen molar-refractivity contribution in [2.75, 3.05) is 0 Å². The molecule has 14 heavy (non-hydrogen) atoms. The molecular weight excluding hydrogens is 180 g/mol. The van der Waals surface area contributed by atoms with Crippen LogP contribution in [-0.4, -0.2) is 23.8 Å². The van der Waals surface area contributed by atoms with Crippen molar-refractivity contribution in [1.29, 1.82) is 0 Å². The molecule has 1 unspecified atom stereocenters. The Morgan fingerprint density at radius 1 is 1.64 bits per heavy atom. The van der Waals surface area contributed by atoms with E-state index in [1.807, 2.05) is 13.8 Å². The molecule has 0 aromatic heterocycles. The minimum Gasteiger partial charge on any atom is -0.363 e. The molecule has 0 bridgehead atoms. The molecule has 0 aromatic carbocycles. The smallest absolute Gasteiger partial charge is 0.184 e. The lowest BCUT2D eigenvalue weighted by atomic mass is 9.96. The lowest BCUT2D eigenvalue weighted by Gasteiger charge is -2.24. The Bertz CT molecular complexity index is 268. The predicted octanol–water partition coefficient (Wildman–Crippen LogP) is 1.51. The first-order chi connectivity index (χ1) is 6.50. The molecular formula is C11H16O3. The zero-order chi connectivity index (χ0) is 10.7. The predicted molar refractivity (Wildman–Crippen MR) is 52.9 cm³/mol. The molecule has 1 aliphatic rings. The zero-order valence-electron chi connectivity index (χ0n) is 8.82. The molecule has 3 atom stereocenters. The maximum absolute atomic E-state index is 11.4. The van der Waals surface area contributed by atoms with Crippen molar-refractivity contribution in [1.82, 2.24) is 0 Å². The molecule has 0 fully saturated rings. The fraction of sp³-hybridized carbons (Fsp3) is 0.636. The molecule has 78 valence electrons. The third kappa shape index (κ3) is 2.77. The van der Waals surface area contributed by atoms with E-state index in [2.05, 4.69) is 0 Å². The van der Waals surface area contributed by atoms with E-state index in [-0.39, 0.29) is 23.6 Å². The molecule has 1 rings (SSSR count). The molecule has 3 nitrogen and oxygen atoms in total. The Morgan fingerprint density at radius 3 is 2.86 bits per heavy atom. The van der Waals surface area contributed by atoms with Crippen molar-refractivity contribution in [3.8, 4) is 0 Å². The Hall–Kier alpha value is -0.960. The van der Waals surface area contributed by atoms with Gasteiger partial charge in [-0.25, -0.2) is 0 Å². The maximum atomic E-state index is 11.4. The van der Waals surface area contributed by atoms with Gasteiger partial charge in [-0.15, -0.1) is 0 Å². The van der Waals surface area contributed by atoms with Gasteiger partial charge in [-0.05, 0) is 26.3 Å². The van der Waals surface area contributed by atoms with Gasteiger partial charge in [0, 0.05) is 5.92 Å². The van der Waals surface area contributed by atoms with Crippen LogP contribution in [0.25, 0.3) is 0 Å². The van der Waals surface area contributed by atoms with Crippen LogP contribution in [0.3, 0.4) is 0 Å². The second kappa shape index (κ2) is 4.51. The van der Waals surface area contributed by atoms with E-state index in [0.29, 0.717) is 6.42 Å². The Balaban J connectivity index is 2.57. The molecule has 3 heteroatoms. The van der Waals surface area contributed by atoms with Crippen LogP contribution in [0.4, 0.5) is 0 Å². The van der Waals surface area contributed by atoms with E-state index in [1.54, 1.807) is 12.2 Å². The number of ether oxygens (including phenoxy) is 1. The topological polar surface area (TPSA) is 43.4 Å². The van der Waals surface area contributed by atoms with Gasteiger partial charge in [0.05, 0.1) is 6.10 Å². The number of carbonyl (C=O) groups excluding carboxylic acids is 2. The van der Waals surface area contributed by atoms with E-state index in [0.717, 1.165) is 0 Å². The summed E-state index contributed by atoms with van der Waals surface area (Å²) < 4.78 is 5.43. The number of hydrogen-bond donors (Lipinski definition) is 0. The fourth-order valence-electron chi connectivity index (χ4n) is 1.37. The first-order valence-corrected chi connectivity index (χ1v) is 4.88. The van der Waals surface area contributed by atoms with E-state index in [1.165, 1.54) is 6.92 Å². The normalized spacial score (nSPS) is 28.9. The number of ketones is 2. The molecule has 0 saturated heterocycles. The van der Waals surface area contributed by atoms with Gasteiger partial charge in [0.2, 0.25) is 0 Å². The minimum absolute atomic E-state index is 0.0307. The second-order valence-electron chi connectivity index (χ2n) is 3.84. The third-order valence-electron chi connectivity index (χ3n) is 2.49. The Morgan fingerprint density at radius 2 is 2.29 bits per heavy atom. The minimum atomic E-state index is -0.436. The second-order valence-corrected chi connectivity index (χ2v) is 3.84. The summed E-state index contributed by atoms with van der Waals surface area (Å²) in [4.78, 5) is 22.4. The number of Topliss-reactive ketones (excluding diaryl/α,β-unsaturated/α-hetero) is 1. The van der Waals surface area contributed by atoms with E-state index in [9.17, 15) is 9.59 Å². The van der Waals surface area contributed by atoms with Gasteiger partial charge in [0.15, 0.2) is 5.78 Å². The van der Waals surface area contributed by atoms with E-state index in [4.69, 9.17) is 4.74 Å². The summed E-state index contributed by atoms with van der Waals surface area (Å²) >= 11 is 0. The first kappa shape index (κ1) is 11.1. The average Bonchev–Trinajstić information content (AvgIpc) is 2.11.